The largest absolute Gasteiger partial charge is 0.358 e. The van der Waals surface area contributed by atoms with Gasteiger partial charge in [0.05, 0.1) is 6.54 Å². The normalized spacial score (nSPS) is 20.0. The van der Waals surface area contributed by atoms with E-state index in [2.05, 4.69) is 22.2 Å². The molecule has 1 heterocycles. The van der Waals surface area contributed by atoms with Gasteiger partial charge in [0, 0.05) is 13.1 Å². The van der Waals surface area contributed by atoms with E-state index in [9.17, 15) is 4.79 Å². The molecule has 4 heteroatoms. The highest BCUT2D eigenvalue weighted by Gasteiger charge is 2.21. The van der Waals surface area contributed by atoms with Crippen molar-refractivity contribution in [1.29, 1.82) is 0 Å². The maximum absolute atomic E-state index is 11.2. The highest BCUT2D eigenvalue weighted by atomic mass is 16.1. The van der Waals surface area contributed by atoms with Crippen molar-refractivity contribution in [3.05, 3.63) is 0 Å². The van der Waals surface area contributed by atoms with E-state index in [0.29, 0.717) is 12.6 Å². The van der Waals surface area contributed by atoms with Gasteiger partial charge in [0.2, 0.25) is 5.91 Å². The van der Waals surface area contributed by atoms with Crippen LogP contribution in [0, 0.1) is 0 Å². The summed E-state index contributed by atoms with van der Waals surface area (Å²) in [5.41, 5.74) is 0. The Bertz CT molecular complexity index is 188. The summed E-state index contributed by atoms with van der Waals surface area (Å²) in [5, 5.41) is 2.65. The Labute approximate surface area is 86.2 Å². The smallest absolute Gasteiger partial charge is 0.233 e. The number of hydrogen-bond acceptors (Lipinski definition) is 3. The van der Waals surface area contributed by atoms with E-state index >= 15 is 0 Å². The van der Waals surface area contributed by atoms with Crippen molar-refractivity contribution in [3.8, 4) is 0 Å². The number of carbonyl (C=O) groups is 1. The predicted molar refractivity (Wildman–Crippen MR) is 57.2 cm³/mol. The number of nitrogens with one attached hydrogen (secondary N) is 1. The summed E-state index contributed by atoms with van der Waals surface area (Å²) in [5.74, 6) is 0.103. The third-order valence-electron chi connectivity index (χ3n) is 2.98. The molecular weight excluding hydrogens is 178 g/mol. The zero-order chi connectivity index (χ0) is 10.6. The lowest BCUT2D eigenvalue weighted by Gasteiger charge is -2.34. The standard InChI is InChI=1S/C10H21N3O/c1-11-10(14)8-13(3)9-4-6-12(2)7-5-9/h9H,4-8H2,1-3H3,(H,11,14). The molecule has 0 saturated carbocycles. The topological polar surface area (TPSA) is 35.6 Å². The first-order chi connectivity index (χ1) is 6.63. The Morgan fingerprint density at radius 2 is 2.07 bits per heavy atom. The number of carbonyl (C=O) groups excluding carboxylic acids is 1. The van der Waals surface area contributed by atoms with Gasteiger partial charge < -0.3 is 10.2 Å². The first-order valence-electron chi connectivity index (χ1n) is 5.23. The van der Waals surface area contributed by atoms with Crippen LogP contribution in [0.25, 0.3) is 0 Å². The second-order valence-electron chi connectivity index (χ2n) is 4.12. The maximum atomic E-state index is 11.2. The number of amides is 1. The lowest BCUT2D eigenvalue weighted by molar-refractivity contribution is -0.122. The molecule has 4 nitrogen and oxygen atoms in total. The van der Waals surface area contributed by atoms with Crippen LogP contribution in [-0.4, -0.2) is 62.5 Å². The quantitative estimate of drug-likeness (QED) is 0.681. The fourth-order valence-electron chi connectivity index (χ4n) is 1.87. The predicted octanol–water partition coefficient (Wildman–Crippen LogP) is -0.242. The first kappa shape index (κ1) is 11.5. The van der Waals surface area contributed by atoms with Crippen molar-refractivity contribution in [2.75, 3.05) is 40.8 Å². The molecule has 1 rings (SSSR count). The van der Waals surface area contributed by atoms with Gasteiger partial charge in [-0.3, -0.25) is 9.69 Å². The summed E-state index contributed by atoms with van der Waals surface area (Å²) in [7, 11) is 5.87. The molecule has 0 unspecified atom stereocenters. The molecule has 1 aliphatic rings. The fraction of sp³-hybridized carbons (Fsp3) is 0.900. The number of likely N-dealkylation sites (N-methyl/N-ethyl adjacent to an activating group) is 2. The highest BCUT2D eigenvalue weighted by Crippen LogP contribution is 2.13. The van der Waals surface area contributed by atoms with Gasteiger partial charge in [0.1, 0.15) is 0 Å². The van der Waals surface area contributed by atoms with Gasteiger partial charge in [0.15, 0.2) is 0 Å². The molecule has 0 aromatic rings. The number of nitrogens with zero attached hydrogens (tertiary/aromatic N) is 2. The number of likely N-dealkylation sites (tertiary alicyclic amines) is 1. The van der Waals surface area contributed by atoms with Crippen molar-refractivity contribution < 1.29 is 4.79 Å². The van der Waals surface area contributed by atoms with Gasteiger partial charge >= 0.3 is 0 Å². The van der Waals surface area contributed by atoms with Crippen LogP contribution in [-0.2, 0) is 4.79 Å². The third-order valence-corrected chi connectivity index (χ3v) is 2.98. The van der Waals surface area contributed by atoms with Crippen LogP contribution in [0.1, 0.15) is 12.8 Å². The van der Waals surface area contributed by atoms with Crippen LogP contribution in [0.15, 0.2) is 0 Å². The van der Waals surface area contributed by atoms with Gasteiger partial charge in [-0.25, -0.2) is 0 Å². The second kappa shape index (κ2) is 5.32. The summed E-state index contributed by atoms with van der Waals surface area (Å²) < 4.78 is 0. The Morgan fingerprint density at radius 1 is 1.50 bits per heavy atom. The summed E-state index contributed by atoms with van der Waals surface area (Å²) in [6.07, 6.45) is 2.34. The van der Waals surface area contributed by atoms with Gasteiger partial charge in [-0.15, -0.1) is 0 Å². The van der Waals surface area contributed by atoms with Gasteiger partial charge in [-0.05, 0) is 40.0 Å². The molecule has 0 spiro atoms. The zero-order valence-electron chi connectivity index (χ0n) is 9.42. The van der Waals surface area contributed by atoms with Gasteiger partial charge in [-0.2, -0.15) is 0 Å². The summed E-state index contributed by atoms with van der Waals surface area (Å²) in [6, 6.07) is 0.573. The lowest BCUT2D eigenvalue weighted by atomic mass is 10.0. The monoisotopic (exact) mass is 199 g/mol. The molecule has 1 aliphatic heterocycles. The molecule has 0 radical (unpaired) electrons. The molecule has 1 N–H and O–H groups in total. The van der Waals surface area contributed by atoms with E-state index in [1.807, 2.05) is 7.05 Å². The SMILES string of the molecule is CNC(=O)CN(C)C1CCN(C)CC1. The zero-order valence-corrected chi connectivity index (χ0v) is 9.42. The van der Waals surface area contributed by atoms with Crippen LogP contribution >= 0.6 is 0 Å². The maximum Gasteiger partial charge on any atom is 0.233 e. The van der Waals surface area contributed by atoms with Gasteiger partial charge in [0.25, 0.3) is 0 Å². The average Bonchev–Trinajstić information content (AvgIpc) is 2.18. The van der Waals surface area contributed by atoms with Gasteiger partial charge in [-0.1, -0.05) is 0 Å². The molecule has 0 atom stereocenters. The van der Waals surface area contributed by atoms with E-state index in [1.54, 1.807) is 7.05 Å². The van der Waals surface area contributed by atoms with Crippen LogP contribution in [0.5, 0.6) is 0 Å². The lowest BCUT2D eigenvalue weighted by Crippen LogP contribution is -2.45. The Hall–Kier alpha value is -0.610. The van der Waals surface area contributed by atoms with Crippen molar-refractivity contribution in [2.24, 2.45) is 0 Å². The van der Waals surface area contributed by atoms with E-state index in [4.69, 9.17) is 0 Å². The second-order valence-corrected chi connectivity index (χ2v) is 4.12. The summed E-state index contributed by atoms with van der Waals surface area (Å²) in [6.45, 7) is 2.80. The minimum Gasteiger partial charge on any atom is -0.358 e. The Balaban J connectivity index is 2.30. The molecule has 1 fully saturated rings. The van der Waals surface area contributed by atoms with E-state index in [0.717, 1.165) is 13.1 Å². The van der Waals surface area contributed by atoms with E-state index in [1.165, 1.54) is 12.8 Å². The molecule has 82 valence electrons. The summed E-state index contributed by atoms with van der Waals surface area (Å²) in [4.78, 5) is 15.7. The fourth-order valence-corrected chi connectivity index (χ4v) is 1.87. The molecule has 0 bridgehead atoms. The van der Waals surface area contributed by atoms with Crippen molar-refractivity contribution in [2.45, 2.75) is 18.9 Å². The summed E-state index contributed by atoms with van der Waals surface area (Å²) >= 11 is 0. The van der Waals surface area contributed by atoms with Crippen LogP contribution in [0.3, 0.4) is 0 Å². The minimum absolute atomic E-state index is 0.103. The molecule has 1 saturated heterocycles. The van der Waals surface area contributed by atoms with Crippen molar-refractivity contribution in [3.63, 3.8) is 0 Å². The number of piperidine rings is 1. The molecule has 0 aromatic heterocycles. The number of hydrogen-bond donors (Lipinski definition) is 1. The van der Waals surface area contributed by atoms with Crippen LogP contribution < -0.4 is 5.32 Å². The molecular formula is C10H21N3O. The van der Waals surface area contributed by atoms with Crippen molar-refractivity contribution in [1.82, 2.24) is 15.1 Å². The Kier molecular flexibility index (Phi) is 4.35. The molecule has 1 amide bonds. The Morgan fingerprint density at radius 3 is 2.57 bits per heavy atom. The van der Waals surface area contributed by atoms with Crippen LogP contribution in [0.4, 0.5) is 0 Å². The van der Waals surface area contributed by atoms with E-state index < -0.39 is 0 Å². The van der Waals surface area contributed by atoms with E-state index in [-0.39, 0.29) is 5.91 Å². The first-order valence-corrected chi connectivity index (χ1v) is 5.23. The molecule has 0 aromatic carbocycles. The molecule has 14 heavy (non-hydrogen) atoms. The highest BCUT2D eigenvalue weighted by molar-refractivity contribution is 5.77. The average molecular weight is 199 g/mol. The minimum atomic E-state index is 0.103. The number of rotatable bonds is 3. The van der Waals surface area contributed by atoms with Crippen molar-refractivity contribution >= 4 is 5.91 Å². The van der Waals surface area contributed by atoms with Crippen LogP contribution in [0.2, 0.25) is 0 Å². The molecule has 0 aliphatic carbocycles. The third kappa shape index (κ3) is 3.27.